The van der Waals surface area contributed by atoms with Gasteiger partial charge in [-0.15, -0.1) is 0 Å². The number of benzene rings is 2. The van der Waals surface area contributed by atoms with Crippen molar-refractivity contribution in [2.75, 3.05) is 11.5 Å². The Labute approximate surface area is 229 Å². The van der Waals surface area contributed by atoms with Gasteiger partial charge in [0, 0.05) is 30.0 Å². The minimum absolute atomic E-state index is 0.103. The van der Waals surface area contributed by atoms with Gasteiger partial charge >= 0.3 is 0 Å². The first-order chi connectivity index (χ1) is 19.6. The Kier molecular flexibility index (Phi) is 5.52. The Morgan fingerprint density at radius 3 is 2.67 bits per heavy atom. The second kappa shape index (κ2) is 9.35. The number of fused-ring (bicyclic) bond motifs is 2. The average Bonchev–Trinajstić information content (AvgIpc) is 3.72. The van der Waals surface area contributed by atoms with Crippen LogP contribution in [0.1, 0.15) is 33.9 Å². The van der Waals surface area contributed by atoms with Crippen molar-refractivity contribution in [2.24, 2.45) is 0 Å². The van der Waals surface area contributed by atoms with Crippen LogP contribution in [0.5, 0.6) is 0 Å². The van der Waals surface area contributed by atoms with E-state index in [1.807, 2.05) is 59.3 Å². The molecule has 7 rings (SSSR count). The Morgan fingerprint density at radius 2 is 1.85 bits per heavy atom. The highest BCUT2D eigenvalue weighted by atomic mass is 16.1. The Hall–Kier alpha value is -5.51. The molecule has 0 unspecified atom stereocenters. The molecular formula is C30H25N9O. The highest BCUT2D eigenvalue weighted by Crippen LogP contribution is 2.36. The predicted molar refractivity (Wildman–Crippen MR) is 153 cm³/mol. The minimum Gasteiger partial charge on any atom is -0.398 e. The van der Waals surface area contributed by atoms with Gasteiger partial charge in [-0.1, -0.05) is 18.2 Å². The molecule has 2 aromatic carbocycles. The average molecular weight is 528 g/mol. The summed E-state index contributed by atoms with van der Waals surface area (Å²) in [6, 6.07) is 22.7. The Balaban J connectivity index is 1.32. The second-order valence-corrected chi connectivity index (χ2v) is 9.70. The number of carbonyl (C=O) groups is 1. The third-order valence-electron chi connectivity index (χ3n) is 7.28. The van der Waals surface area contributed by atoms with Gasteiger partial charge in [-0.2, -0.15) is 5.10 Å². The highest BCUT2D eigenvalue weighted by Gasteiger charge is 2.26. The summed E-state index contributed by atoms with van der Waals surface area (Å²) in [5.74, 6) is 1.53. The molecule has 0 saturated carbocycles. The number of aromatic nitrogens is 6. The van der Waals surface area contributed by atoms with Gasteiger partial charge in [0.05, 0.1) is 17.2 Å². The number of hydrogen-bond acceptors (Lipinski definition) is 7. The predicted octanol–water partition coefficient (Wildman–Crippen LogP) is 4.25. The van der Waals surface area contributed by atoms with Crippen LogP contribution in [0.3, 0.4) is 0 Å². The summed E-state index contributed by atoms with van der Waals surface area (Å²) in [6.45, 7) is 0. The maximum absolute atomic E-state index is 13.0. The summed E-state index contributed by atoms with van der Waals surface area (Å²) in [6.07, 6.45) is 6.84. The molecule has 0 fully saturated rings. The zero-order chi connectivity index (χ0) is 27.2. The number of nitrogens with two attached hydrogens (primary N) is 2. The molecule has 0 saturated heterocycles. The number of aryl methyl sites for hydroxylation is 1. The van der Waals surface area contributed by atoms with E-state index in [-0.39, 0.29) is 11.9 Å². The normalized spacial score (nSPS) is 14.3. The quantitative estimate of drug-likeness (QED) is 0.285. The number of carbonyl (C=O) groups excluding carboxylic acids is 1. The van der Waals surface area contributed by atoms with E-state index in [0.717, 1.165) is 35.2 Å². The second-order valence-electron chi connectivity index (χ2n) is 9.70. The number of rotatable bonds is 5. The molecule has 40 heavy (non-hydrogen) atoms. The van der Waals surface area contributed by atoms with Gasteiger partial charge in [-0.05, 0) is 78.6 Å². The monoisotopic (exact) mass is 527 g/mol. The van der Waals surface area contributed by atoms with Crippen LogP contribution < -0.4 is 16.8 Å². The summed E-state index contributed by atoms with van der Waals surface area (Å²) >= 11 is 0. The van der Waals surface area contributed by atoms with Gasteiger partial charge in [0.2, 0.25) is 0 Å². The van der Waals surface area contributed by atoms with Crippen molar-refractivity contribution >= 4 is 28.6 Å². The zero-order valence-electron chi connectivity index (χ0n) is 21.4. The lowest BCUT2D eigenvalue weighted by molar-refractivity contribution is 0.0937. The molecule has 6 aromatic rings. The molecule has 0 aliphatic heterocycles. The van der Waals surface area contributed by atoms with Crippen LogP contribution in [0.15, 0.2) is 91.4 Å². The molecule has 0 spiro atoms. The fraction of sp³-hybridized carbons (Fsp3) is 0.100. The standard InChI is InChI=1S/C30H25N9O/c31-23-7-2-1-5-21(23)30(40)36-24-11-8-18-17-19(9-10-20(18)24)39-28(22-6-3-14-33-27(22)32)35-25-12-13-26(37-29(25)39)38-16-4-15-34-38/h1-7,9-10,12-17,24H,8,11,31H2,(H2,32,33)(H,36,40)/t24-/m0/s1. The van der Waals surface area contributed by atoms with Crippen molar-refractivity contribution in [1.29, 1.82) is 0 Å². The van der Waals surface area contributed by atoms with Gasteiger partial charge < -0.3 is 16.8 Å². The molecule has 1 amide bonds. The largest absolute Gasteiger partial charge is 0.398 e. The fourth-order valence-corrected chi connectivity index (χ4v) is 5.34. The van der Waals surface area contributed by atoms with Crippen molar-refractivity contribution in [2.45, 2.75) is 18.9 Å². The van der Waals surface area contributed by atoms with E-state index in [0.29, 0.717) is 39.9 Å². The molecule has 10 nitrogen and oxygen atoms in total. The molecule has 1 aliphatic carbocycles. The Bertz CT molecular complexity index is 1890. The summed E-state index contributed by atoms with van der Waals surface area (Å²) < 4.78 is 3.72. The van der Waals surface area contributed by atoms with Gasteiger partial charge in [-0.3, -0.25) is 9.36 Å². The number of imidazole rings is 1. The number of para-hydroxylation sites is 1. The number of hydrogen-bond donors (Lipinski definition) is 3. The van der Waals surface area contributed by atoms with Crippen molar-refractivity contribution < 1.29 is 4.79 Å². The SMILES string of the molecule is Nc1ccccc1C(=O)N[C@H]1CCc2cc(-n3c(-c4cccnc4N)nc4ccc(-n5cccn5)nc43)ccc21. The molecule has 5 N–H and O–H groups in total. The van der Waals surface area contributed by atoms with Crippen molar-refractivity contribution in [1.82, 2.24) is 34.6 Å². The number of anilines is 2. The first-order valence-electron chi connectivity index (χ1n) is 13.0. The zero-order valence-corrected chi connectivity index (χ0v) is 21.4. The molecule has 0 radical (unpaired) electrons. The highest BCUT2D eigenvalue weighted by molar-refractivity contribution is 5.99. The third kappa shape index (κ3) is 3.93. The minimum atomic E-state index is -0.176. The topological polar surface area (TPSA) is 143 Å². The lowest BCUT2D eigenvalue weighted by Gasteiger charge is -2.16. The number of nitrogen functional groups attached to an aromatic ring is 2. The maximum atomic E-state index is 13.0. The van der Waals surface area contributed by atoms with Crippen molar-refractivity contribution in [3.8, 4) is 22.9 Å². The van der Waals surface area contributed by atoms with E-state index in [1.165, 1.54) is 0 Å². The molecule has 4 aromatic heterocycles. The van der Waals surface area contributed by atoms with Crippen molar-refractivity contribution in [3.63, 3.8) is 0 Å². The maximum Gasteiger partial charge on any atom is 0.253 e. The molecular weight excluding hydrogens is 502 g/mol. The number of nitrogens with zero attached hydrogens (tertiary/aromatic N) is 6. The molecule has 10 heteroatoms. The number of nitrogens with one attached hydrogen (secondary N) is 1. The van der Waals surface area contributed by atoms with E-state index < -0.39 is 0 Å². The first kappa shape index (κ1) is 23.6. The molecule has 0 bridgehead atoms. The lowest BCUT2D eigenvalue weighted by atomic mass is 10.1. The molecule has 1 atom stereocenters. The van der Waals surface area contributed by atoms with E-state index in [9.17, 15) is 4.79 Å². The van der Waals surface area contributed by atoms with Crippen LogP contribution in [0.4, 0.5) is 11.5 Å². The summed E-state index contributed by atoms with van der Waals surface area (Å²) in [4.78, 5) is 27.1. The number of pyridine rings is 2. The van der Waals surface area contributed by atoms with E-state index >= 15 is 0 Å². The molecule has 196 valence electrons. The van der Waals surface area contributed by atoms with Gasteiger partial charge in [0.1, 0.15) is 11.3 Å². The van der Waals surface area contributed by atoms with Crippen LogP contribution >= 0.6 is 0 Å². The van der Waals surface area contributed by atoms with Crippen LogP contribution in [0.2, 0.25) is 0 Å². The Morgan fingerprint density at radius 1 is 0.950 bits per heavy atom. The first-order valence-corrected chi connectivity index (χ1v) is 13.0. The van der Waals surface area contributed by atoms with Crippen LogP contribution in [-0.2, 0) is 6.42 Å². The van der Waals surface area contributed by atoms with Crippen LogP contribution in [0, 0.1) is 0 Å². The smallest absolute Gasteiger partial charge is 0.253 e. The summed E-state index contributed by atoms with van der Waals surface area (Å²) in [7, 11) is 0. The van der Waals surface area contributed by atoms with Gasteiger partial charge in [0.15, 0.2) is 17.3 Å². The third-order valence-corrected chi connectivity index (χ3v) is 7.28. The molecule has 4 heterocycles. The fourth-order valence-electron chi connectivity index (χ4n) is 5.34. The van der Waals surface area contributed by atoms with E-state index in [4.69, 9.17) is 21.4 Å². The summed E-state index contributed by atoms with van der Waals surface area (Å²) in [5.41, 5.74) is 18.5. The van der Waals surface area contributed by atoms with Gasteiger partial charge in [0.25, 0.3) is 5.91 Å². The van der Waals surface area contributed by atoms with Crippen molar-refractivity contribution in [3.05, 3.63) is 108 Å². The van der Waals surface area contributed by atoms with Crippen LogP contribution in [0.25, 0.3) is 34.1 Å². The number of amides is 1. The summed E-state index contributed by atoms with van der Waals surface area (Å²) in [5, 5.41) is 7.49. The van der Waals surface area contributed by atoms with Gasteiger partial charge in [-0.25, -0.2) is 19.6 Å². The van der Waals surface area contributed by atoms with E-state index in [2.05, 4.69) is 27.5 Å². The lowest BCUT2D eigenvalue weighted by Crippen LogP contribution is -2.27. The van der Waals surface area contributed by atoms with E-state index in [1.54, 1.807) is 29.2 Å². The molecule has 1 aliphatic rings. The van der Waals surface area contributed by atoms with Crippen LogP contribution in [-0.4, -0.2) is 35.2 Å².